The fraction of sp³-hybridized carbons (Fsp3) is 0.949. The molecule has 8 atom stereocenters. The number of rotatable bonds is 75. The average molecular weight is 1420 g/mol. The number of carbonyl (C=O) groups is 4. The summed E-state index contributed by atoms with van der Waals surface area (Å²) in [5, 5.41) is 10.6. The number of phosphoric ester groups is 2. The first-order chi connectivity index (χ1) is 46.7. The van der Waals surface area contributed by atoms with E-state index in [0.717, 1.165) is 120 Å². The van der Waals surface area contributed by atoms with Gasteiger partial charge in [0.05, 0.1) is 26.4 Å². The summed E-state index contributed by atoms with van der Waals surface area (Å²) in [5.41, 5.74) is 0. The molecule has 5 unspecified atom stereocenters. The van der Waals surface area contributed by atoms with Crippen LogP contribution in [0, 0.1) is 23.7 Å². The highest BCUT2D eigenvalue weighted by atomic mass is 31.2. The molecule has 0 amide bonds. The van der Waals surface area contributed by atoms with Gasteiger partial charge in [0.25, 0.3) is 0 Å². The van der Waals surface area contributed by atoms with Crippen molar-refractivity contribution in [2.45, 2.75) is 414 Å². The molecular weight excluding hydrogens is 1270 g/mol. The largest absolute Gasteiger partial charge is 0.472 e. The molecule has 0 aliphatic carbocycles. The molecule has 0 spiro atoms. The van der Waals surface area contributed by atoms with Crippen molar-refractivity contribution < 1.29 is 80.2 Å². The highest BCUT2D eigenvalue weighted by Crippen LogP contribution is 2.45. The molecule has 3 N–H and O–H groups in total. The zero-order valence-electron chi connectivity index (χ0n) is 63.7. The van der Waals surface area contributed by atoms with Crippen LogP contribution >= 0.6 is 15.6 Å². The molecule has 17 nitrogen and oxygen atoms in total. The molecule has 0 aliphatic rings. The van der Waals surface area contributed by atoms with Gasteiger partial charge >= 0.3 is 39.5 Å². The van der Waals surface area contributed by atoms with Gasteiger partial charge in [-0.25, -0.2) is 9.13 Å². The number of hydrogen-bond acceptors (Lipinski definition) is 15. The van der Waals surface area contributed by atoms with E-state index in [1.807, 2.05) is 0 Å². The monoisotopic (exact) mass is 1420 g/mol. The minimum Gasteiger partial charge on any atom is -0.462 e. The van der Waals surface area contributed by atoms with Gasteiger partial charge in [0.2, 0.25) is 0 Å². The van der Waals surface area contributed by atoms with Crippen LogP contribution in [-0.4, -0.2) is 96.7 Å². The predicted octanol–water partition coefficient (Wildman–Crippen LogP) is 22.8. The van der Waals surface area contributed by atoms with E-state index in [9.17, 15) is 43.2 Å². The molecule has 0 saturated heterocycles. The van der Waals surface area contributed by atoms with E-state index in [0.29, 0.717) is 25.7 Å². The Labute approximate surface area is 594 Å². The Bertz CT molecular complexity index is 1910. The molecule has 0 aromatic rings. The van der Waals surface area contributed by atoms with Gasteiger partial charge in [-0.05, 0) is 49.4 Å². The highest BCUT2D eigenvalue weighted by molar-refractivity contribution is 7.47. The standard InChI is InChI=1S/C78H152O17P2/c1-9-69(6)55-47-39-31-24-20-16-12-14-18-22-26-33-42-50-58-75(80)88-64-73(95-78(83)61-53-45-35-29-28-30-38-46-54-68(4)5)66-92-96(84,85)90-62-72(79)63-91-97(86,87)93-67-74(65-89-76(81)59-51-43-37-36-41-49-57-71(8)11-3)94-77(82)60-52-44-34-27-23-19-15-13-17-21-25-32-40-48-56-70(7)10-2/h68-74,79H,9-67H2,1-8H3,(H,84,85)(H,86,87)/t69?,70?,71?,72-,73-,74-/m1/s1. The predicted molar refractivity (Wildman–Crippen MR) is 395 cm³/mol. The molecule has 0 rings (SSSR count). The van der Waals surface area contributed by atoms with Crippen LogP contribution in [0.1, 0.15) is 396 Å². The Balaban J connectivity index is 5.20. The maximum atomic E-state index is 13.1. The van der Waals surface area contributed by atoms with Crippen molar-refractivity contribution in [2.24, 2.45) is 23.7 Å². The second-order valence-electron chi connectivity index (χ2n) is 29.3. The zero-order valence-corrected chi connectivity index (χ0v) is 65.5. The summed E-state index contributed by atoms with van der Waals surface area (Å²) in [5.74, 6) is 1.02. The van der Waals surface area contributed by atoms with Gasteiger partial charge in [-0.1, -0.05) is 344 Å². The smallest absolute Gasteiger partial charge is 0.462 e. The molecule has 576 valence electrons. The Morgan fingerprint density at radius 2 is 0.495 bits per heavy atom. The lowest BCUT2D eigenvalue weighted by Crippen LogP contribution is -2.30. The fourth-order valence-electron chi connectivity index (χ4n) is 11.8. The van der Waals surface area contributed by atoms with Gasteiger partial charge in [-0.15, -0.1) is 0 Å². The summed E-state index contributed by atoms with van der Waals surface area (Å²) in [6.07, 6.45) is 52.7. The van der Waals surface area contributed by atoms with Gasteiger partial charge in [-0.3, -0.25) is 37.3 Å². The van der Waals surface area contributed by atoms with E-state index in [4.69, 9.17) is 37.0 Å². The summed E-state index contributed by atoms with van der Waals surface area (Å²) < 4.78 is 68.6. The van der Waals surface area contributed by atoms with Crippen molar-refractivity contribution >= 4 is 39.5 Å². The maximum absolute atomic E-state index is 13.1. The molecular formula is C78H152O17P2. The zero-order chi connectivity index (χ0) is 71.7. The Kier molecular flexibility index (Phi) is 65.9. The number of aliphatic hydroxyl groups is 1. The van der Waals surface area contributed by atoms with Crippen molar-refractivity contribution in [1.82, 2.24) is 0 Å². The van der Waals surface area contributed by atoms with E-state index < -0.39 is 97.5 Å². The molecule has 0 fully saturated rings. The van der Waals surface area contributed by atoms with E-state index in [-0.39, 0.29) is 25.7 Å². The van der Waals surface area contributed by atoms with E-state index in [2.05, 4.69) is 55.4 Å². The Morgan fingerprint density at radius 3 is 0.732 bits per heavy atom. The minimum atomic E-state index is -4.96. The van der Waals surface area contributed by atoms with Crippen LogP contribution in [0.5, 0.6) is 0 Å². The van der Waals surface area contributed by atoms with Crippen LogP contribution in [0.15, 0.2) is 0 Å². The summed E-state index contributed by atoms with van der Waals surface area (Å²) in [6.45, 7) is 14.2. The van der Waals surface area contributed by atoms with Crippen LogP contribution in [0.4, 0.5) is 0 Å². The molecule has 19 heteroatoms. The highest BCUT2D eigenvalue weighted by Gasteiger charge is 2.30. The normalized spacial score (nSPS) is 14.9. The van der Waals surface area contributed by atoms with E-state index in [1.165, 1.54) is 193 Å². The van der Waals surface area contributed by atoms with E-state index >= 15 is 0 Å². The summed E-state index contributed by atoms with van der Waals surface area (Å²) >= 11 is 0. The molecule has 0 bridgehead atoms. The molecule has 0 heterocycles. The number of aliphatic hydroxyl groups excluding tert-OH is 1. The molecule has 0 aromatic heterocycles. The Hall–Kier alpha value is -1.94. The number of carbonyl (C=O) groups excluding carboxylic acids is 4. The lowest BCUT2D eigenvalue weighted by atomic mass is 9.99. The SMILES string of the molecule is CCC(C)CCCCCCCCCCCCCCCCC(=O)OC[C@H](COP(=O)(O)OC[C@@H](O)COP(=O)(O)OC[C@@H](COC(=O)CCCCCCCCC(C)CC)OC(=O)CCCCCCCCCCCCCCCCC(C)CC)OC(=O)CCCCCCCCCCC(C)C. The number of unbranched alkanes of at least 4 members (excludes halogenated alkanes) is 38. The average Bonchev–Trinajstić information content (AvgIpc) is 0.998. The molecule has 0 aliphatic heterocycles. The van der Waals surface area contributed by atoms with Crippen molar-refractivity contribution in [2.75, 3.05) is 39.6 Å². The molecule has 0 radical (unpaired) electrons. The van der Waals surface area contributed by atoms with Crippen molar-refractivity contribution in [3.8, 4) is 0 Å². The van der Waals surface area contributed by atoms with Crippen molar-refractivity contribution in [3.63, 3.8) is 0 Å². The molecule has 97 heavy (non-hydrogen) atoms. The first kappa shape index (κ1) is 95.1. The lowest BCUT2D eigenvalue weighted by molar-refractivity contribution is -0.161. The summed E-state index contributed by atoms with van der Waals surface area (Å²) in [4.78, 5) is 72.9. The lowest BCUT2D eigenvalue weighted by Gasteiger charge is -2.21. The number of phosphoric acid groups is 2. The Morgan fingerprint density at radius 1 is 0.289 bits per heavy atom. The van der Waals surface area contributed by atoms with Gasteiger partial charge in [-0.2, -0.15) is 0 Å². The quantitative estimate of drug-likeness (QED) is 0.0222. The number of ether oxygens (including phenoxy) is 4. The van der Waals surface area contributed by atoms with E-state index in [1.54, 1.807) is 0 Å². The minimum absolute atomic E-state index is 0.104. The summed E-state index contributed by atoms with van der Waals surface area (Å²) in [6, 6.07) is 0. The van der Waals surface area contributed by atoms with Gasteiger partial charge in [0.15, 0.2) is 12.2 Å². The second-order valence-corrected chi connectivity index (χ2v) is 32.2. The first-order valence-corrected chi connectivity index (χ1v) is 43.3. The topological polar surface area (TPSA) is 237 Å². The third-order valence-electron chi connectivity index (χ3n) is 19.2. The fourth-order valence-corrected chi connectivity index (χ4v) is 13.4. The number of esters is 4. The maximum Gasteiger partial charge on any atom is 0.472 e. The van der Waals surface area contributed by atoms with Crippen LogP contribution in [-0.2, 0) is 65.4 Å². The van der Waals surface area contributed by atoms with Crippen LogP contribution < -0.4 is 0 Å². The number of hydrogen-bond donors (Lipinski definition) is 3. The molecule has 0 saturated carbocycles. The van der Waals surface area contributed by atoms with Crippen molar-refractivity contribution in [1.29, 1.82) is 0 Å². The molecule has 0 aromatic carbocycles. The third kappa shape index (κ3) is 68.3. The summed E-state index contributed by atoms with van der Waals surface area (Å²) in [7, 11) is -9.92. The second kappa shape index (κ2) is 67.2. The van der Waals surface area contributed by atoms with Crippen LogP contribution in [0.2, 0.25) is 0 Å². The first-order valence-electron chi connectivity index (χ1n) is 40.3. The third-order valence-corrected chi connectivity index (χ3v) is 21.1. The van der Waals surface area contributed by atoms with Crippen LogP contribution in [0.25, 0.3) is 0 Å². The van der Waals surface area contributed by atoms with Crippen molar-refractivity contribution in [3.05, 3.63) is 0 Å². The van der Waals surface area contributed by atoms with Gasteiger partial charge < -0.3 is 33.8 Å². The van der Waals surface area contributed by atoms with Gasteiger partial charge in [0.1, 0.15) is 19.3 Å². The van der Waals surface area contributed by atoms with Gasteiger partial charge in [0, 0.05) is 25.7 Å². The van der Waals surface area contributed by atoms with Crippen LogP contribution in [0.3, 0.4) is 0 Å².